The van der Waals surface area contributed by atoms with Crippen LogP contribution in [0.15, 0.2) is 35.7 Å². The molecule has 0 aliphatic heterocycles. The first-order valence-electron chi connectivity index (χ1n) is 5.90. The van der Waals surface area contributed by atoms with Crippen LogP contribution in [0.2, 0.25) is 0 Å². The standard InChI is InChI=1S/C13H14N2O4S2/c1-19-11-6-12(20-7-11)13(16)15-10-4-2-9(3-5-10)8-21(14,17)18/h2-7H,8H2,1H3,(H,15,16)(H2,14,17,18). The van der Waals surface area contributed by atoms with E-state index in [2.05, 4.69) is 5.32 Å². The fourth-order valence-corrected chi connectivity index (χ4v) is 3.06. The van der Waals surface area contributed by atoms with Crippen LogP contribution in [0.3, 0.4) is 0 Å². The quantitative estimate of drug-likeness (QED) is 0.875. The third kappa shape index (κ3) is 4.55. The van der Waals surface area contributed by atoms with Crippen molar-refractivity contribution in [1.82, 2.24) is 0 Å². The number of hydrogen-bond donors (Lipinski definition) is 2. The minimum atomic E-state index is -3.56. The Labute approximate surface area is 126 Å². The van der Waals surface area contributed by atoms with Crippen molar-refractivity contribution in [3.8, 4) is 5.75 Å². The second-order valence-electron chi connectivity index (χ2n) is 4.31. The van der Waals surface area contributed by atoms with Gasteiger partial charge in [0, 0.05) is 17.1 Å². The molecule has 0 saturated carbocycles. The van der Waals surface area contributed by atoms with Crippen LogP contribution >= 0.6 is 11.3 Å². The second kappa shape index (κ2) is 6.25. The van der Waals surface area contributed by atoms with Gasteiger partial charge in [0.15, 0.2) is 0 Å². The van der Waals surface area contributed by atoms with Gasteiger partial charge in [0.2, 0.25) is 10.0 Å². The third-order valence-electron chi connectivity index (χ3n) is 2.61. The highest BCUT2D eigenvalue weighted by Gasteiger charge is 2.10. The molecule has 0 bridgehead atoms. The van der Waals surface area contributed by atoms with E-state index >= 15 is 0 Å². The fraction of sp³-hybridized carbons (Fsp3) is 0.154. The van der Waals surface area contributed by atoms with Crippen molar-refractivity contribution in [2.24, 2.45) is 5.14 Å². The molecule has 2 aromatic rings. The summed E-state index contributed by atoms with van der Waals surface area (Å²) in [6, 6.07) is 8.12. The normalized spacial score (nSPS) is 11.1. The number of rotatable bonds is 5. The molecule has 0 aliphatic rings. The number of sulfonamides is 1. The van der Waals surface area contributed by atoms with Gasteiger partial charge in [-0.3, -0.25) is 4.79 Å². The van der Waals surface area contributed by atoms with Gasteiger partial charge in [-0.1, -0.05) is 12.1 Å². The summed E-state index contributed by atoms with van der Waals surface area (Å²) in [4.78, 5) is 12.5. The number of carbonyl (C=O) groups excluding carboxylic acids is 1. The van der Waals surface area contributed by atoms with Crippen molar-refractivity contribution in [3.05, 3.63) is 46.2 Å². The zero-order valence-electron chi connectivity index (χ0n) is 11.2. The fourth-order valence-electron chi connectivity index (χ4n) is 1.65. The number of anilines is 1. The minimum Gasteiger partial charge on any atom is -0.496 e. The number of carbonyl (C=O) groups is 1. The van der Waals surface area contributed by atoms with Gasteiger partial charge in [-0.25, -0.2) is 13.6 Å². The Bertz CT molecular complexity index is 736. The van der Waals surface area contributed by atoms with Crippen LogP contribution < -0.4 is 15.2 Å². The molecule has 1 amide bonds. The lowest BCUT2D eigenvalue weighted by atomic mass is 10.2. The van der Waals surface area contributed by atoms with E-state index in [9.17, 15) is 13.2 Å². The van der Waals surface area contributed by atoms with Gasteiger partial charge in [-0.2, -0.15) is 0 Å². The Morgan fingerprint density at radius 2 is 2.00 bits per heavy atom. The Morgan fingerprint density at radius 3 is 2.52 bits per heavy atom. The molecule has 6 nitrogen and oxygen atoms in total. The van der Waals surface area contributed by atoms with E-state index in [-0.39, 0.29) is 11.7 Å². The van der Waals surface area contributed by atoms with E-state index in [0.717, 1.165) is 0 Å². The number of nitrogens with one attached hydrogen (secondary N) is 1. The summed E-state index contributed by atoms with van der Waals surface area (Å²) in [7, 11) is -2.02. The summed E-state index contributed by atoms with van der Waals surface area (Å²) >= 11 is 1.28. The van der Waals surface area contributed by atoms with Gasteiger partial charge in [0.1, 0.15) is 5.75 Å². The number of amides is 1. The molecule has 0 spiro atoms. The van der Waals surface area contributed by atoms with Crippen molar-refractivity contribution in [2.45, 2.75) is 5.75 Å². The van der Waals surface area contributed by atoms with E-state index in [1.54, 1.807) is 35.7 Å². The number of ether oxygens (including phenoxy) is 1. The number of thiophene rings is 1. The molecule has 2 rings (SSSR count). The summed E-state index contributed by atoms with van der Waals surface area (Å²) in [5.74, 6) is 0.153. The molecule has 21 heavy (non-hydrogen) atoms. The lowest BCUT2D eigenvalue weighted by Crippen LogP contribution is -2.14. The molecule has 0 saturated heterocycles. The van der Waals surface area contributed by atoms with Crippen molar-refractivity contribution in [3.63, 3.8) is 0 Å². The SMILES string of the molecule is COc1csc(C(=O)Nc2ccc(CS(N)(=O)=O)cc2)c1. The first-order valence-corrected chi connectivity index (χ1v) is 8.50. The highest BCUT2D eigenvalue weighted by atomic mass is 32.2. The van der Waals surface area contributed by atoms with Gasteiger partial charge in [0.25, 0.3) is 5.91 Å². The average molecular weight is 326 g/mol. The van der Waals surface area contributed by atoms with E-state index in [1.807, 2.05) is 0 Å². The number of hydrogen-bond acceptors (Lipinski definition) is 5. The third-order valence-corrected chi connectivity index (χ3v) is 4.26. The molecule has 1 heterocycles. The van der Waals surface area contributed by atoms with Crippen molar-refractivity contribution in [1.29, 1.82) is 0 Å². The molecule has 0 radical (unpaired) electrons. The van der Waals surface area contributed by atoms with Gasteiger partial charge < -0.3 is 10.1 Å². The predicted octanol–water partition coefficient (Wildman–Crippen LogP) is 1.80. The number of benzene rings is 1. The summed E-state index contributed by atoms with van der Waals surface area (Å²) in [5.41, 5.74) is 1.14. The molecule has 1 aromatic carbocycles. The van der Waals surface area contributed by atoms with Crippen LogP contribution in [0.1, 0.15) is 15.2 Å². The van der Waals surface area contributed by atoms with Crippen LogP contribution in [-0.2, 0) is 15.8 Å². The van der Waals surface area contributed by atoms with Gasteiger partial charge in [0.05, 0.1) is 17.7 Å². The lowest BCUT2D eigenvalue weighted by molar-refractivity contribution is 0.103. The summed E-state index contributed by atoms with van der Waals surface area (Å²) < 4.78 is 27.0. The van der Waals surface area contributed by atoms with E-state index < -0.39 is 10.0 Å². The predicted molar refractivity (Wildman–Crippen MR) is 82.1 cm³/mol. The first-order chi connectivity index (χ1) is 9.87. The minimum absolute atomic E-state index is 0.233. The zero-order valence-corrected chi connectivity index (χ0v) is 12.8. The number of nitrogens with two attached hydrogens (primary N) is 1. The Hall–Kier alpha value is -1.90. The summed E-state index contributed by atoms with van der Waals surface area (Å²) in [6.07, 6.45) is 0. The molecule has 8 heteroatoms. The van der Waals surface area contributed by atoms with Crippen LogP contribution in [0.5, 0.6) is 5.75 Å². The molecule has 0 aliphatic carbocycles. The largest absolute Gasteiger partial charge is 0.496 e. The maximum atomic E-state index is 12.0. The van der Waals surface area contributed by atoms with E-state index in [0.29, 0.717) is 21.9 Å². The van der Waals surface area contributed by atoms with E-state index in [4.69, 9.17) is 9.88 Å². The second-order valence-corrected chi connectivity index (χ2v) is 6.83. The Morgan fingerprint density at radius 1 is 1.33 bits per heavy atom. The highest BCUT2D eigenvalue weighted by Crippen LogP contribution is 2.22. The summed E-state index contributed by atoms with van der Waals surface area (Å²) in [6.45, 7) is 0. The van der Waals surface area contributed by atoms with Crippen LogP contribution in [0, 0.1) is 0 Å². The number of primary sulfonamides is 1. The average Bonchev–Trinajstić information content (AvgIpc) is 2.88. The number of methoxy groups -OCH3 is 1. The smallest absolute Gasteiger partial charge is 0.265 e. The van der Waals surface area contributed by atoms with Crippen molar-refractivity contribution in [2.75, 3.05) is 12.4 Å². The molecule has 0 fully saturated rings. The van der Waals surface area contributed by atoms with Gasteiger partial charge >= 0.3 is 0 Å². The lowest BCUT2D eigenvalue weighted by Gasteiger charge is -2.05. The molecule has 1 aromatic heterocycles. The maximum Gasteiger partial charge on any atom is 0.265 e. The van der Waals surface area contributed by atoms with Crippen molar-refractivity contribution < 1.29 is 17.9 Å². The molecule has 0 unspecified atom stereocenters. The van der Waals surface area contributed by atoms with Gasteiger partial charge in [-0.15, -0.1) is 11.3 Å². The Kier molecular flexibility index (Phi) is 4.61. The monoisotopic (exact) mass is 326 g/mol. The molecule has 0 atom stereocenters. The molecule has 112 valence electrons. The topological polar surface area (TPSA) is 98.5 Å². The van der Waals surface area contributed by atoms with Crippen LogP contribution in [0.4, 0.5) is 5.69 Å². The maximum absolute atomic E-state index is 12.0. The van der Waals surface area contributed by atoms with Crippen LogP contribution in [-0.4, -0.2) is 21.4 Å². The first kappa shape index (κ1) is 15.5. The highest BCUT2D eigenvalue weighted by molar-refractivity contribution is 7.88. The van der Waals surface area contributed by atoms with Gasteiger partial charge in [-0.05, 0) is 17.7 Å². The zero-order chi connectivity index (χ0) is 15.5. The molecular formula is C13H14N2O4S2. The van der Waals surface area contributed by atoms with Crippen molar-refractivity contribution >= 4 is 33.0 Å². The summed E-state index contributed by atoms with van der Waals surface area (Å²) in [5, 5.41) is 9.43. The Balaban J connectivity index is 2.04. The molecule has 3 N–H and O–H groups in total. The molecular weight excluding hydrogens is 312 g/mol. The van der Waals surface area contributed by atoms with E-state index in [1.165, 1.54) is 18.4 Å². The van der Waals surface area contributed by atoms with Crippen LogP contribution in [0.25, 0.3) is 0 Å².